The van der Waals surface area contributed by atoms with E-state index < -0.39 is 23.6 Å². The molecule has 0 atom stereocenters. The molecule has 0 bridgehead atoms. The number of hydrogen-bond acceptors (Lipinski definition) is 5. The number of rotatable bonds is 9. The third kappa shape index (κ3) is 6.28. The molecule has 0 saturated heterocycles. The van der Waals surface area contributed by atoms with Gasteiger partial charge in [0.2, 0.25) is 0 Å². The summed E-state index contributed by atoms with van der Waals surface area (Å²) in [7, 11) is 0. The Morgan fingerprint density at radius 2 is 1.68 bits per heavy atom. The number of carbonyl (C=O) groups excluding carboxylic acids is 2. The number of ether oxygens (including phenoxy) is 1. The van der Waals surface area contributed by atoms with Crippen molar-refractivity contribution in [2.24, 2.45) is 0 Å². The number of amides is 2. The number of aryl methyl sites for hydroxylation is 2. The second kappa shape index (κ2) is 11.2. The first-order valence-electron chi connectivity index (χ1n) is 11.4. The summed E-state index contributed by atoms with van der Waals surface area (Å²) in [5, 5.41) is 12.1. The van der Waals surface area contributed by atoms with Crippen molar-refractivity contribution in [1.29, 1.82) is 0 Å². The van der Waals surface area contributed by atoms with Crippen molar-refractivity contribution in [3.05, 3.63) is 101 Å². The molecule has 3 aromatic carbocycles. The first kappa shape index (κ1) is 25.8. The summed E-state index contributed by atoms with van der Waals surface area (Å²) < 4.78 is 50.6. The lowest BCUT2D eigenvalue weighted by molar-refractivity contribution is -0.137. The van der Waals surface area contributed by atoms with Crippen LogP contribution in [0.4, 0.5) is 13.2 Å². The van der Waals surface area contributed by atoms with Gasteiger partial charge in [0, 0.05) is 16.5 Å². The molecular weight excluding hydrogens is 489 g/mol. The molecule has 4 aromatic rings. The minimum atomic E-state index is -4.43. The SMILES string of the molecule is O=C(NO)c1ccc(OCCNC(=O)c2oc3ccccc3c2CCc2cccc(C(F)(F)F)c2)cc1. The fraction of sp³-hybridized carbons (Fsp3) is 0.185. The molecule has 0 aliphatic heterocycles. The van der Waals surface area contributed by atoms with Gasteiger partial charge in [0.15, 0.2) is 5.76 Å². The molecular formula is C27H23F3N2O5. The number of hydrogen-bond donors (Lipinski definition) is 3. The van der Waals surface area contributed by atoms with Gasteiger partial charge in [-0.1, -0.05) is 36.4 Å². The first-order chi connectivity index (χ1) is 17.8. The Balaban J connectivity index is 1.41. The van der Waals surface area contributed by atoms with Crippen molar-refractivity contribution >= 4 is 22.8 Å². The molecule has 1 aromatic heterocycles. The predicted octanol–water partition coefficient (Wildman–Crippen LogP) is 5.16. The molecule has 7 nitrogen and oxygen atoms in total. The average Bonchev–Trinajstić information content (AvgIpc) is 3.28. The summed E-state index contributed by atoms with van der Waals surface area (Å²) in [6.45, 7) is 0.291. The fourth-order valence-corrected chi connectivity index (χ4v) is 3.88. The summed E-state index contributed by atoms with van der Waals surface area (Å²) in [5.74, 6) is -0.538. The Kier molecular flexibility index (Phi) is 7.78. The summed E-state index contributed by atoms with van der Waals surface area (Å²) >= 11 is 0. The van der Waals surface area contributed by atoms with Crippen LogP contribution in [0.1, 0.15) is 37.6 Å². The lowest BCUT2D eigenvalue weighted by Gasteiger charge is -2.10. The number of hydroxylamine groups is 1. The van der Waals surface area contributed by atoms with Gasteiger partial charge < -0.3 is 14.5 Å². The number of para-hydroxylation sites is 1. The van der Waals surface area contributed by atoms with Gasteiger partial charge in [0.05, 0.1) is 12.1 Å². The molecule has 10 heteroatoms. The maximum atomic E-state index is 13.1. The third-order valence-electron chi connectivity index (χ3n) is 5.70. The molecule has 0 aliphatic carbocycles. The zero-order valence-electron chi connectivity index (χ0n) is 19.5. The first-order valence-corrected chi connectivity index (χ1v) is 11.4. The summed E-state index contributed by atoms with van der Waals surface area (Å²) in [6.07, 6.45) is -3.83. The van der Waals surface area contributed by atoms with E-state index in [-0.39, 0.29) is 24.5 Å². The molecule has 4 rings (SSSR count). The van der Waals surface area contributed by atoms with Gasteiger partial charge in [-0.3, -0.25) is 14.8 Å². The van der Waals surface area contributed by atoms with E-state index in [1.165, 1.54) is 18.2 Å². The lowest BCUT2D eigenvalue weighted by atomic mass is 10.00. The largest absolute Gasteiger partial charge is 0.492 e. The van der Waals surface area contributed by atoms with Crippen LogP contribution in [0.25, 0.3) is 11.0 Å². The highest BCUT2D eigenvalue weighted by Crippen LogP contribution is 2.31. The zero-order chi connectivity index (χ0) is 26.4. The van der Waals surface area contributed by atoms with Crippen molar-refractivity contribution in [2.45, 2.75) is 19.0 Å². The number of halogens is 3. The van der Waals surface area contributed by atoms with Gasteiger partial charge >= 0.3 is 6.18 Å². The van der Waals surface area contributed by atoms with Gasteiger partial charge in [0.25, 0.3) is 11.8 Å². The van der Waals surface area contributed by atoms with Crippen molar-refractivity contribution in [3.63, 3.8) is 0 Å². The molecule has 3 N–H and O–H groups in total. The Morgan fingerprint density at radius 3 is 2.41 bits per heavy atom. The van der Waals surface area contributed by atoms with Crippen molar-refractivity contribution in [1.82, 2.24) is 10.8 Å². The van der Waals surface area contributed by atoms with E-state index in [0.717, 1.165) is 17.5 Å². The van der Waals surface area contributed by atoms with Crippen LogP contribution in [-0.4, -0.2) is 30.2 Å². The van der Waals surface area contributed by atoms with E-state index >= 15 is 0 Å². The van der Waals surface area contributed by atoms with Gasteiger partial charge in [-0.05, 0) is 54.8 Å². The smallest absolute Gasteiger partial charge is 0.416 e. The van der Waals surface area contributed by atoms with Gasteiger partial charge in [0.1, 0.15) is 17.9 Å². The Morgan fingerprint density at radius 1 is 0.919 bits per heavy atom. The average molecular weight is 512 g/mol. The Hall–Kier alpha value is -4.31. The molecule has 0 spiro atoms. The molecule has 1 heterocycles. The number of furan rings is 1. The van der Waals surface area contributed by atoms with Crippen LogP contribution in [0, 0.1) is 0 Å². The van der Waals surface area contributed by atoms with Crippen LogP contribution < -0.4 is 15.5 Å². The molecule has 2 amide bonds. The molecule has 37 heavy (non-hydrogen) atoms. The zero-order valence-corrected chi connectivity index (χ0v) is 19.5. The lowest BCUT2D eigenvalue weighted by Crippen LogP contribution is -2.28. The quantitative estimate of drug-likeness (QED) is 0.163. The summed E-state index contributed by atoms with van der Waals surface area (Å²) in [5.41, 5.74) is 2.71. The van der Waals surface area contributed by atoms with Crippen molar-refractivity contribution in [2.75, 3.05) is 13.2 Å². The molecule has 0 aliphatic rings. The standard InChI is InChI=1S/C27H23F3N2O5/c28-27(29,30)19-5-3-4-17(16-19)8-13-22-21-6-1-2-7-23(21)37-24(22)26(34)31-14-15-36-20-11-9-18(10-12-20)25(33)32-35/h1-7,9-12,16,35H,8,13-15H2,(H,31,34)(H,32,33). The van der Waals surface area contributed by atoms with E-state index in [4.69, 9.17) is 14.4 Å². The van der Waals surface area contributed by atoms with Crippen LogP contribution in [0.5, 0.6) is 5.75 Å². The number of nitrogens with one attached hydrogen (secondary N) is 2. The van der Waals surface area contributed by atoms with Crippen LogP contribution in [0.15, 0.2) is 77.2 Å². The topological polar surface area (TPSA) is 101 Å². The number of carbonyl (C=O) groups is 2. The highest BCUT2D eigenvalue weighted by molar-refractivity contribution is 5.99. The van der Waals surface area contributed by atoms with Crippen LogP contribution >= 0.6 is 0 Å². The van der Waals surface area contributed by atoms with E-state index in [0.29, 0.717) is 35.3 Å². The molecule has 0 unspecified atom stereocenters. The number of alkyl halides is 3. The molecule has 0 radical (unpaired) electrons. The third-order valence-corrected chi connectivity index (χ3v) is 5.70. The normalized spacial score (nSPS) is 11.4. The number of benzene rings is 3. The van der Waals surface area contributed by atoms with Gasteiger partial charge in [-0.15, -0.1) is 0 Å². The predicted molar refractivity (Wildman–Crippen MR) is 129 cm³/mol. The van der Waals surface area contributed by atoms with Crippen LogP contribution in [0.3, 0.4) is 0 Å². The second-order valence-electron chi connectivity index (χ2n) is 8.17. The number of fused-ring (bicyclic) bond motifs is 1. The van der Waals surface area contributed by atoms with E-state index in [2.05, 4.69) is 5.32 Å². The minimum Gasteiger partial charge on any atom is -0.492 e. The Bertz CT molecular complexity index is 1400. The van der Waals surface area contributed by atoms with E-state index in [1.807, 2.05) is 0 Å². The highest BCUT2D eigenvalue weighted by Gasteiger charge is 2.30. The molecule has 0 saturated carbocycles. The fourth-order valence-electron chi connectivity index (χ4n) is 3.88. The van der Waals surface area contributed by atoms with Crippen molar-refractivity contribution < 1.29 is 37.1 Å². The molecule has 192 valence electrons. The highest BCUT2D eigenvalue weighted by atomic mass is 19.4. The van der Waals surface area contributed by atoms with E-state index in [9.17, 15) is 22.8 Å². The maximum absolute atomic E-state index is 13.1. The van der Waals surface area contributed by atoms with Crippen LogP contribution in [0.2, 0.25) is 0 Å². The van der Waals surface area contributed by atoms with Gasteiger partial charge in [-0.2, -0.15) is 13.2 Å². The molecule has 0 fully saturated rings. The minimum absolute atomic E-state index is 0.104. The summed E-state index contributed by atoms with van der Waals surface area (Å²) in [4.78, 5) is 24.3. The van der Waals surface area contributed by atoms with Crippen LogP contribution in [-0.2, 0) is 19.0 Å². The Labute approximate surface area is 209 Å². The van der Waals surface area contributed by atoms with E-state index in [1.54, 1.807) is 47.9 Å². The maximum Gasteiger partial charge on any atom is 0.416 e. The monoisotopic (exact) mass is 512 g/mol. The summed E-state index contributed by atoms with van der Waals surface area (Å²) in [6, 6.07) is 18.3. The van der Waals surface area contributed by atoms with Crippen molar-refractivity contribution in [3.8, 4) is 5.75 Å². The second-order valence-corrected chi connectivity index (χ2v) is 8.17. The van der Waals surface area contributed by atoms with Gasteiger partial charge in [-0.25, -0.2) is 5.48 Å².